The minimum absolute atomic E-state index is 0.207. The monoisotopic (exact) mass is 501 g/mol. The number of hydrogen-bond acceptors (Lipinski definition) is 3. The molecule has 2 aromatic carbocycles. The van der Waals surface area contributed by atoms with Crippen molar-refractivity contribution < 1.29 is 13.2 Å². The van der Waals surface area contributed by atoms with E-state index in [2.05, 4.69) is 31.2 Å². The summed E-state index contributed by atoms with van der Waals surface area (Å²) in [5, 5.41) is 8.83. The number of nitrogens with zero attached hydrogens (tertiary/aromatic N) is 5. The van der Waals surface area contributed by atoms with Crippen LogP contribution < -0.4 is 0 Å². The molecular weight excluding hydrogens is 494 g/mol. The Morgan fingerprint density at radius 1 is 1.03 bits per heavy atom. The maximum Gasteiger partial charge on any atom is 0.434 e. The molecule has 0 radical (unpaired) electrons. The van der Waals surface area contributed by atoms with Crippen LogP contribution in [-0.4, -0.2) is 24.5 Å². The molecule has 29 heavy (non-hydrogen) atoms. The molecule has 5 nitrogen and oxygen atoms in total. The lowest BCUT2D eigenvalue weighted by Gasteiger charge is -2.15. The van der Waals surface area contributed by atoms with Gasteiger partial charge in [-0.25, -0.2) is 9.67 Å². The molecule has 0 fully saturated rings. The first kappa shape index (κ1) is 19.9. The highest BCUT2D eigenvalue weighted by Crippen LogP contribution is 2.35. The predicted octanol–water partition coefficient (Wildman–Crippen LogP) is 6.21. The Bertz CT molecular complexity index is 1190. The number of imidazole rings is 1. The second-order valence-corrected chi connectivity index (χ2v) is 7.72. The van der Waals surface area contributed by atoms with Gasteiger partial charge in [0.15, 0.2) is 5.69 Å². The second-order valence-electron chi connectivity index (χ2n) is 5.96. The number of benzene rings is 2. The molecule has 0 unspecified atom stereocenters. The van der Waals surface area contributed by atoms with Crippen molar-refractivity contribution in [1.29, 1.82) is 0 Å². The van der Waals surface area contributed by atoms with Crippen LogP contribution in [-0.2, 0) is 6.18 Å². The van der Waals surface area contributed by atoms with Crippen molar-refractivity contribution in [2.24, 2.45) is 0 Å². The summed E-state index contributed by atoms with van der Waals surface area (Å²) in [5.74, 6) is 0. The molecule has 0 aliphatic rings. The van der Waals surface area contributed by atoms with E-state index in [1.54, 1.807) is 36.4 Å². The van der Waals surface area contributed by atoms with Gasteiger partial charge in [-0.05, 0) is 24.3 Å². The zero-order valence-electron chi connectivity index (χ0n) is 14.2. The molecule has 0 N–H and O–H groups in total. The summed E-state index contributed by atoms with van der Waals surface area (Å²) in [5.41, 5.74) is 1.03. The summed E-state index contributed by atoms with van der Waals surface area (Å²) in [6.45, 7) is 0. The maximum absolute atomic E-state index is 13.0. The third-order valence-corrected chi connectivity index (χ3v) is 5.05. The fraction of sp³-hybridized carbons (Fsp3) is 0.0556. The van der Waals surface area contributed by atoms with Crippen LogP contribution in [0.2, 0.25) is 10.0 Å². The molecule has 11 heteroatoms. The molecule has 0 saturated heterocycles. The summed E-state index contributed by atoms with van der Waals surface area (Å²) >= 11 is 15.7. The van der Waals surface area contributed by atoms with Crippen molar-refractivity contribution in [1.82, 2.24) is 24.5 Å². The van der Waals surface area contributed by atoms with Gasteiger partial charge in [0.25, 0.3) is 0 Å². The van der Waals surface area contributed by atoms with E-state index in [-0.39, 0.29) is 10.7 Å². The van der Waals surface area contributed by atoms with E-state index in [1.165, 1.54) is 15.4 Å². The minimum atomic E-state index is -4.57. The highest BCUT2D eigenvalue weighted by molar-refractivity contribution is 9.10. The molecule has 0 saturated carbocycles. The molecule has 0 atom stereocenters. The van der Waals surface area contributed by atoms with Gasteiger partial charge in [-0.2, -0.15) is 13.2 Å². The topological polar surface area (TPSA) is 48.5 Å². The van der Waals surface area contributed by atoms with Crippen molar-refractivity contribution in [2.75, 3.05) is 0 Å². The van der Waals surface area contributed by atoms with Gasteiger partial charge in [-0.3, -0.25) is 0 Å². The highest BCUT2D eigenvalue weighted by atomic mass is 79.9. The number of hydrogen-bond donors (Lipinski definition) is 0. The van der Waals surface area contributed by atoms with E-state index in [1.807, 2.05) is 0 Å². The first-order valence-electron chi connectivity index (χ1n) is 8.01. The van der Waals surface area contributed by atoms with Gasteiger partial charge in [0.2, 0.25) is 0 Å². The third kappa shape index (κ3) is 3.90. The van der Waals surface area contributed by atoms with Crippen molar-refractivity contribution in [3.63, 3.8) is 0 Å². The largest absolute Gasteiger partial charge is 0.434 e. The average molecular weight is 503 g/mol. The summed E-state index contributed by atoms with van der Waals surface area (Å²) in [6, 6.07) is 10.3. The second kappa shape index (κ2) is 7.47. The Balaban J connectivity index is 1.91. The molecule has 0 spiro atoms. The Labute approximate surface area is 180 Å². The van der Waals surface area contributed by atoms with Crippen LogP contribution in [0.3, 0.4) is 0 Å². The smallest absolute Gasteiger partial charge is 0.302 e. The van der Waals surface area contributed by atoms with Gasteiger partial charge in [-0.1, -0.05) is 56.5 Å². The van der Waals surface area contributed by atoms with Crippen LogP contribution in [0, 0.1) is 0 Å². The minimum Gasteiger partial charge on any atom is -0.302 e. The van der Waals surface area contributed by atoms with E-state index in [0.29, 0.717) is 20.9 Å². The molecule has 0 bridgehead atoms. The van der Waals surface area contributed by atoms with Crippen LogP contribution in [0.15, 0.2) is 59.6 Å². The van der Waals surface area contributed by atoms with E-state index < -0.39 is 11.9 Å². The Morgan fingerprint density at radius 3 is 2.41 bits per heavy atom. The van der Waals surface area contributed by atoms with Crippen LogP contribution in [0.5, 0.6) is 0 Å². The fourth-order valence-corrected chi connectivity index (χ4v) is 3.81. The molecule has 4 rings (SSSR count). The predicted molar refractivity (Wildman–Crippen MR) is 107 cm³/mol. The van der Waals surface area contributed by atoms with Gasteiger partial charge < -0.3 is 4.57 Å². The summed E-state index contributed by atoms with van der Waals surface area (Å²) in [6.07, 6.45) is -1.11. The SMILES string of the molecule is FC(F)(F)c1cn(-c2c(Cl)cc(Br)cc2-n2nncc2-c2ccc(Cl)cc2)cn1. The number of aromatic nitrogens is 5. The number of rotatable bonds is 3. The first-order valence-corrected chi connectivity index (χ1v) is 9.56. The molecule has 2 heterocycles. The lowest BCUT2D eigenvalue weighted by Crippen LogP contribution is -2.07. The summed E-state index contributed by atoms with van der Waals surface area (Å²) < 4.78 is 42.4. The lowest BCUT2D eigenvalue weighted by molar-refractivity contribution is -0.140. The molecule has 148 valence electrons. The van der Waals surface area contributed by atoms with Crippen LogP contribution in [0.1, 0.15) is 5.69 Å². The summed E-state index contributed by atoms with van der Waals surface area (Å²) in [7, 11) is 0. The van der Waals surface area contributed by atoms with E-state index in [9.17, 15) is 13.2 Å². The van der Waals surface area contributed by atoms with Crippen molar-refractivity contribution >= 4 is 39.1 Å². The standard InChI is InChI=1S/C18H9BrCl2F3N5/c19-11-5-13(21)17(28-8-16(25-9-28)18(22,23)24)14(6-11)29-15(7-26-27-29)10-1-3-12(20)4-2-10/h1-9H. The van der Waals surface area contributed by atoms with Gasteiger partial charge >= 0.3 is 6.18 Å². The molecule has 2 aromatic heterocycles. The first-order chi connectivity index (χ1) is 13.7. The summed E-state index contributed by atoms with van der Waals surface area (Å²) in [4.78, 5) is 3.45. The Hall–Kier alpha value is -2.36. The zero-order valence-corrected chi connectivity index (χ0v) is 17.3. The van der Waals surface area contributed by atoms with E-state index >= 15 is 0 Å². The number of alkyl halides is 3. The lowest BCUT2D eigenvalue weighted by atomic mass is 10.1. The maximum atomic E-state index is 13.0. The van der Waals surface area contributed by atoms with E-state index in [4.69, 9.17) is 23.2 Å². The molecule has 0 aliphatic carbocycles. The van der Waals surface area contributed by atoms with Crippen molar-refractivity contribution in [3.05, 3.63) is 75.3 Å². The van der Waals surface area contributed by atoms with Gasteiger partial charge in [0, 0.05) is 21.3 Å². The molecule has 0 aliphatic heterocycles. The van der Waals surface area contributed by atoms with Crippen LogP contribution >= 0.6 is 39.1 Å². The molecular formula is C18H9BrCl2F3N5. The normalized spacial score (nSPS) is 11.8. The van der Waals surface area contributed by atoms with Crippen molar-refractivity contribution in [2.45, 2.75) is 6.18 Å². The molecule has 0 amide bonds. The Morgan fingerprint density at radius 2 is 1.76 bits per heavy atom. The van der Waals surface area contributed by atoms with Gasteiger partial charge in [0.1, 0.15) is 0 Å². The van der Waals surface area contributed by atoms with Gasteiger partial charge in [0.05, 0.1) is 34.6 Å². The molecule has 4 aromatic rings. The fourth-order valence-electron chi connectivity index (χ4n) is 2.79. The average Bonchev–Trinajstić information content (AvgIpc) is 3.31. The van der Waals surface area contributed by atoms with E-state index in [0.717, 1.165) is 18.1 Å². The highest BCUT2D eigenvalue weighted by Gasteiger charge is 2.34. The quantitative estimate of drug-likeness (QED) is 0.334. The third-order valence-electron chi connectivity index (χ3n) is 4.06. The van der Waals surface area contributed by atoms with Crippen LogP contribution in [0.4, 0.5) is 13.2 Å². The zero-order chi connectivity index (χ0) is 20.8. The van der Waals surface area contributed by atoms with Crippen molar-refractivity contribution in [3.8, 4) is 22.6 Å². The van der Waals surface area contributed by atoms with Gasteiger partial charge in [-0.15, -0.1) is 5.10 Å². The number of halogens is 6. The van der Waals surface area contributed by atoms with Crippen LogP contribution in [0.25, 0.3) is 22.6 Å². The Kier molecular flexibility index (Phi) is 5.14.